The average Bonchev–Trinajstić information content (AvgIpc) is 3.18. The molecule has 27 heavy (non-hydrogen) atoms. The molecule has 0 radical (unpaired) electrons. The number of nitrogens with one attached hydrogen (secondary N) is 2. The molecule has 0 aliphatic carbocycles. The van der Waals surface area contributed by atoms with Crippen molar-refractivity contribution in [1.82, 2.24) is 9.97 Å². The van der Waals surface area contributed by atoms with Gasteiger partial charge in [-0.05, 0) is 19.1 Å². The van der Waals surface area contributed by atoms with Gasteiger partial charge in [0.05, 0.1) is 26.8 Å². The third-order valence-electron chi connectivity index (χ3n) is 3.46. The standard InChI is InChI=1S/C15H10F5N3O2S2/c1-7-21-6-14(26-7)13-2-8(5-22-13)27(24,25)23-12-4-10(16)9(3-11(12)17)15(18,19)20/h2-6,22-23H,1H3. The molecule has 2 heterocycles. The number of H-pyrrole nitrogens is 1. The van der Waals surface area contributed by atoms with Crippen molar-refractivity contribution in [3.8, 4) is 10.6 Å². The Morgan fingerprint density at radius 1 is 1.15 bits per heavy atom. The van der Waals surface area contributed by atoms with Crippen LogP contribution in [0.1, 0.15) is 10.6 Å². The molecule has 0 aliphatic rings. The minimum absolute atomic E-state index is 0.101. The summed E-state index contributed by atoms with van der Waals surface area (Å²) in [6, 6.07) is 1.29. The van der Waals surface area contributed by atoms with E-state index in [1.807, 2.05) is 0 Å². The Hall–Kier alpha value is -2.47. The number of anilines is 1. The van der Waals surface area contributed by atoms with Gasteiger partial charge in [0, 0.05) is 18.5 Å². The van der Waals surface area contributed by atoms with Crippen molar-refractivity contribution in [3.63, 3.8) is 0 Å². The van der Waals surface area contributed by atoms with Crippen LogP contribution in [-0.4, -0.2) is 18.4 Å². The summed E-state index contributed by atoms with van der Waals surface area (Å²) in [6.45, 7) is 1.76. The largest absolute Gasteiger partial charge is 0.419 e. The molecule has 0 fully saturated rings. The lowest BCUT2D eigenvalue weighted by Crippen LogP contribution is -2.15. The molecule has 3 aromatic rings. The SMILES string of the molecule is Cc1ncc(-c2cc(S(=O)(=O)Nc3cc(F)c(C(F)(F)F)cc3F)c[nH]2)s1. The summed E-state index contributed by atoms with van der Waals surface area (Å²) < 4.78 is 91.6. The van der Waals surface area contributed by atoms with E-state index in [2.05, 4.69) is 9.97 Å². The summed E-state index contributed by atoms with van der Waals surface area (Å²) in [5.74, 6) is -3.35. The fourth-order valence-electron chi connectivity index (χ4n) is 2.20. The van der Waals surface area contributed by atoms with Crippen LogP contribution in [0.3, 0.4) is 0 Å². The van der Waals surface area contributed by atoms with Gasteiger partial charge < -0.3 is 4.98 Å². The van der Waals surface area contributed by atoms with E-state index in [0.717, 1.165) is 11.2 Å². The maximum absolute atomic E-state index is 13.9. The lowest BCUT2D eigenvalue weighted by atomic mass is 10.2. The van der Waals surface area contributed by atoms with E-state index in [1.165, 1.54) is 23.6 Å². The second-order valence-electron chi connectivity index (χ2n) is 5.41. The first kappa shape index (κ1) is 19.3. The van der Waals surface area contributed by atoms with Crippen molar-refractivity contribution in [2.24, 2.45) is 0 Å². The predicted molar refractivity (Wildman–Crippen MR) is 88.8 cm³/mol. The predicted octanol–water partition coefficient (Wildman–Crippen LogP) is 4.54. The van der Waals surface area contributed by atoms with E-state index in [9.17, 15) is 30.4 Å². The Balaban J connectivity index is 1.91. The lowest BCUT2D eigenvalue weighted by Gasteiger charge is -2.12. The third-order valence-corrected chi connectivity index (χ3v) is 5.75. The molecule has 0 amide bonds. The number of benzene rings is 1. The fourth-order valence-corrected chi connectivity index (χ4v) is 4.01. The molecule has 0 unspecified atom stereocenters. The number of aryl methyl sites for hydroxylation is 1. The third kappa shape index (κ3) is 3.95. The van der Waals surface area contributed by atoms with Crippen molar-refractivity contribution >= 4 is 27.0 Å². The highest BCUT2D eigenvalue weighted by Gasteiger charge is 2.35. The number of thiazole rings is 1. The van der Waals surface area contributed by atoms with E-state index in [4.69, 9.17) is 0 Å². The summed E-state index contributed by atoms with van der Waals surface area (Å²) in [6.07, 6.45) is -2.46. The van der Waals surface area contributed by atoms with E-state index < -0.39 is 39.1 Å². The Bertz CT molecular complexity index is 1100. The van der Waals surface area contributed by atoms with Gasteiger partial charge in [-0.25, -0.2) is 22.2 Å². The summed E-state index contributed by atoms with van der Waals surface area (Å²) in [5.41, 5.74) is -2.33. The van der Waals surface area contributed by atoms with Gasteiger partial charge >= 0.3 is 6.18 Å². The summed E-state index contributed by atoms with van der Waals surface area (Å²) in [5, 5.41) is 0.754. The molecule has 0 bridgehead atoms. The monoisotopic (exact) mass is 423 g/mol. The van der Waals surface area contributed by atoms with E-state index in [-0.39, 0.29) is 17.0 Å². The average molecular weight is 423 g/mol. The minimum atomic E-state index is -5.11. The number of aromatic nitrogens is 2. The van der Waals surface area contributed by atoms with Crippen molar-refractivity contribution in [3.05, 3.63) is 52.8 Å². The van der Waals surface area contributed by atoms with Crippen molar-refractivity contribution < 1.29 is 30.4 Å². The summed E-state index contributed by atoms with van der Waals surface area (Å²) >= 11 is 1.30. The molecule has 5 nitrogen and oxygen atoms in total. The van der Waals surface area contributed by atoms with Crippen LogP contribution in [0.15, 0.2) is 35.5 Å². The first-order valence-corrected chi connectivity index (χ1v) is 9.47. The van der Waals surface area contributed by atoms with Gasteiger partial charge in [0.2, 0.25) is 0 Å². The van der Waals surface area contributed by atoms with Crippen LogP contribution >= 0.6 is 11.3 Å². The number of nitrogens with zero attached hydrogens (tertiary/aromatic N) is 1. The Morgan fingerprint density at radius 3 is 2.44 bits per heavy atom. The normalized spacial score (nSPS) is 12.4. The topological polar surface area (TPSA) is 74.8 Å². The molecule has 1 aromatic carbocycles. The Morgan fingerprint density at radius 2 is 1.85 bits per heavy atom. The molecule has 0 aliphatic heterocycles. The Kier molecular flexibility index (Phi) is 4.72. The van der Waals surface area contributed by atoms with Gasteiger partial charge in [-0.3, -0.25) is 4.72 Å². The maximum atomic E-state index is 13.9. The number of alkyl halides is 3. The molecule has 0 saturated carbocycles. The van der Waals surface area contributed by atoms with E-state index >= 15 is 0 Å². The van der Waals surface area contributed by atoms with Crippen LogP contribution in [0, 0.1) is 18.6 Å². The molecule has 0 atom stereocenters. The van der Waals surface area contributed by atoms with Crippen molar-refractivity contribution in [1.29, 1.82) is 0 Å². The maximum Gasteiger partial charge on any atom is 0.419 e. The van der Waals surface area contributed by atoms with Crippen LogP contribution in [0.5, 0.6) is 0 Å². The second kappa shape index (κ2) is 6.60. The smallest absolute Gasteiger partial charge is 0.359 e. The molecule has 144 valence electrons. The summed E-state index contributed by atoms with van der Waals surface area (Å²) in [4.78, 5) is 7.10. The highest BCUT2D eigenvalue weighted by atomic mass is 32.2. The molecular formula is C15H10F5N3O2S2. The molecule has 0 saturated heterocycles. The number of rotatable bonds is 4. The van der Waals surface area contributed by atoms with Gasteiger partial charge in [-0.1, -0.05) is 0 Å². The molecule has 0 spiro atoms. The van der Waals surface area contributed by atoms with Gasteiger partial charge in [0.15, 0.2) is 0 Å². The van der Waals surface area contributed by atoms with Crippen LogP contribution in [0.25, 0.3) is 10.6 Å². The highest BCUT2D eigenvalue weighted by Crippen LogP contribution is 2.34. The first-order chi connectivity index (χ1) is 12.5. The van der Waals surface area contributed by atoms with Crippen LogP contribution in [-0.2, 0) is 16.2 Å². The number of sulfonamides is 1. The molecule has 2 aromatic heterocycles. The van der Waals surface area contributed by atoms with Crippen LogP contribution in [0.4, 0.5) is 27.6 Å². The first-order valence-electron chi connectivity index (χ1n) is 7.17. The quantitative estimate of drug-likeness (QED) is 0.605. The highest BCUT2D eigenvalue weighted by molar-refractivity contribution is 7.92. The lowest BCUT2D eigenvalue weighted by molar-refractivity contribution is -0.140. The number of aromatic amines is 1. The Labute approximate surface area is 153 Å². The van der Waals surface area contributed by atoms with Crippen LogP contribution in [0.2, 0.25) is 0 Å². The number of halogens is 5. The van der Waals surface area contributed by atoms with Gasteiger partial charge in [0.25, 0.3) is 10.0 Å². The fraction of sp³-hybridized carbons (Fsp3) is 0.133. The zero-order valence-electron chi connectivity index (χ0n) is 13.4. The van der Waals surface area contributed by atoms with Crippen molar-refractivity contribution in [2.75, 3.05) is 4.72 Å². The molecule has 2 N–H and O–H groups in total. The molecular weight excluding hydrogens is 413 g/mol. The van der Waals surface area contributed by atoms with Crippen LogP contribution < -0.4 is 4.72 Å². The zero-order chi connectivity index (χ0) is 20.0. The summed E-state index contributed by atoms with van der Waals surface area (Å²) in [7, 11) is -4.37. The van der Waals surface area contributed by atoms with Gasteiger partial charge in [-0.2, -0.15) is 13.2 Å². The van der Waals surface area contributed by atoms with Crippen molar-refractivity contribution in [2.45, 2.75) is 18.0 Å². The minimum Gasteiger partial charge on any atom is -0.359 e. The molecule has 3 rings (SSSR count). The number of hydrogen-bond donors (Lipinski definition) is 2. The number of hydrogen-bond acceptors (Lipinski definition) is 4. The van der Waals surface area contributed by atoms with Gasteiger partial charge in [0.1, 0.15) is 16.5 Å². The second-order valence-corrected chi connectivity index (χ2v) is 8.32. The van der Waals surface area contributed by atoms with E-state index in [1.54, 1.807) is 11.6 Å². The van der Waals surface area contributed by atoms with E-state index in [0.29, 0.717) is 10.6 Å². The zero-order valence-corrected chi connectivity index (χ0v) is 15.0. The van der Waals surface area contributed by atoms with Gasteiger partial charge in [-0.15, -0.1) is 11.3 Å². The molecule has 12 heteroatoms.